The molecule has 0 atom stereocenters. The Kier molecular flexibility index (Phi) is 5.24. The van der Waals surface area contributed by atoms with Gasteiger partial charge in [-0.2, -0.15) is 4.52 Å². The van der Waals surface area contributed by atoms with Gasteiger partial charge in [-0.1, -0.05) is 6.07 Å². The van der Waals surface area contributed by atoms with Crippen molar-refractivity contribution in [1.82, 2.24) is 24.6 Å². The van der Waals surface area contributed by atoms with Crippen LogP contribution in [0.15, 0.2) is 54.7 Å². The van der Waals surface area contributed by atoms with Crippen LogP contribution in [0.25, 0.3) is 28.0 Å². The van der Waals surface area contributed by atoms with Gasteiger partial charge in [0, 0.05) is 29.4 Å². The summed E-state index contributed by atoms with van der Waals surface area (Å²) >= 11 is 0. The van der Waals surface area contributed by atoms with Crippen LogP contribution in [0.2, 0.25) is 0 Å². The Morgan fingerprint density at radius 2 is 1.62 bits per heavy atom. The van der Waals surface area contributed by atoms with Gasteiger partial charge in [-0.3, -0.25) is 4.98 Å². The van der Waals surface area contributed by atoms with E-state index in [0.29, 0.717) is 22.5 Å². The minimum absolute atomic E-state index is 0.0364. The zero-order valence-electron chi connectivity index (χ0n) is 18.4. The molecule has 0 spiro atoms. The molecule has 0 saturated carbocycles. The second kappa shape index (κ2) is 8.26. The van der Waals surface area contributed by atoms with Crippen molar-refractivity contribution in [3.63, 3.8) is 0 Å². The summed E-state index contributed by atoms with van der Waals surface area (Å²) in [6.07, 6.45) is 1.50. The highest BCUT2D eigenvalue weighted by Gasteiger charge is 2.22. The third-order valence-electron chi connectivity index (χ3n) is 5.79. The Morgan fingerprint density at radius 1 is 0.912 bits per heavy atom. The van der Waals surface area contributed by atoms with Crippen LogP contribution in [0.4, 0.5) is 19.1 Å². The molecule has 5 aromatic rings. The van der Waals surface area contributed by atoms with Gasteiger partial charge in [0.25, 0.3) is 0 Å². The number of fused-ring (bicyclic) bond motifs is 1. The van der Waals surface area contributed by atoms with E-state index in [1.54, 1.807) is 18.3 Å². The monoisotopic (exact) mass is 460 g/mol. The van der Waals surface area contributed by atoms with Gasteiger partial charge >= 0.3 is 0 Å². The predicted octanol–water partition coefficient (Wildman–Crippen LogP) is 5.06. The average molecular weight is 460 g/mol. The largest absolute Gasteiger partial charge is 0.368 e. The summed E-state index contributed by atoms with van der Waals surface area (Å²) in [6, 6.07) is 11.4. The van der Waals surface area contributed by atoms with Crippen LogP contribution in [0, 0.1) is 31.3 Å². The van der Waals surface area contributed by atoms with Crippen molar-refractivity contribution in [3.05, 3.63) is 94.8 Å². The molecule has 9 heteroatoms. The summed E-state index contributed by atoms with van der Waals surface area (Å²) < 4.78 is 43.5. The molecule has 6 nitrogen and oxygen atoms in total. The number of anilines is 1. The van der Waals surface area contributed by atoms with E-state index in [4.69, 9.17) is 5.73 Å². The van der Waals surface area contributed by atoms with Crippen LogP contribution < -0.4 is 5.73 Å². The summed E-state index contributed by atoms with van der Waals surface area (Å²) in [7, 11) is 0. The lowest BCUT2D eigenvalue weighted by molar-refractivity contribution is 0.559. The van der Waals surface area contributed by atoms with Crippen LogP contribution in [-0.4, -0.2) is 24.6 Å². The van der Waals surface area contributed by atoms with Gasteiger partial charge in [-0.05, 0) is 67.4 Å². The first-order chi connectivity index (χ1) is 16.3. The molecule has 0 unspecified atom stereocenters. The second-order valence-corrected chi connectivity index (χ2v) is 7.91. The summed E-state index contributed by atoms with van der Waals surface area (Å²) in [5.74, 6) is -1.53. The van der Waals surface area contributed by atoms with Gasteiger partial charge in [0.1, 0.15) is 17.5 Å². The maximum Gasteiger partial charge on any atom is 0.223 e. The number of nitrogens with zero attached hydrogens (tertiary/aromatic N) is 5. The van der Waals surface area contributed by atoms with Gasteiger partial charge < -0.3 is 5.73 Å². The van der Waals surface area contributed by atoms with Crippen molar-refractivity contribution in [2.45, 2.75) is 20.3 Å². The molecular formula is C25H19F3N6. The molecule has 0 fully saturated rings. The third-order valence-corrected chi connectivity index (χ3v) is 5.79. The lowest BCUT2D eigenvalue weighted by Gasteiger charge is -2.14. The fourth-order valence-corrected chi connectivity index (χ4v) is 3.91. The highest BCUT2D eigenvalue weighted by Crippen LogP contribution is 2.37. The van der Waals surface area contributed by atoms with Crippen molar-refractivity contribution in [2.24, 2.45) is 0 Å². The van der Waals surface area contributed by atoms with E-state index in [9.17, 15) is 13.2 Å². The maximum absolute atomic E-state index is 14.3. The second-order valence-electron chi connectivity index (χ2n) is 7.91. The highest BCUT2D eigenvalue weighted by molar-refractivity contribution is 5.92. The molecule has 0 aliphatic rings. The van der Waals surface area contributed by atoms with Crippen LogP contribution in [0.5, 0.6) is 0 Å². The van der Waals surface area contributed by atoms with Gasteiger partial charge in [-0.15, -0.1) is 5.10 Å². The summed E-state index contributed by atoms with van der Waals surface area (Å²) in [5, 5.41) is 4.39. The lowest BCUT2D eigenvalue weighted by atomic mass is 9.96. The Balaban J connectivity index is 1.79. The molecule has 0 amide bonds. The molecule has 2 N–H and O–H groups in total. The molecule has 0 bridgehead atoms. The number of hydrogen-bond acceptors (Lipinski definition) is 5. The molecule has 0 radical (unpaired) electrons. The zero-order chi connectivity index (χ0) is 24.0. The van der Waals surface area contributed by atoms with Crippen molar-refractivity contribution in [1.29, 1.82) is 0 Å². The van der Waals surface area contributed by atoms with Crippen LogP contribution in [0.1, 0.15) is 22.6 Å². The number of nitrogens with two attached hydrogens (primary N) is 1. The molecule has 0 saturated heterocycles. The molecule has 5 rings (SSSR count). The summed E-state index contributed by atoms with van der Waals surface area (Å²) in [5.41, 5.74) is 10.7. The SMILES string of the molecule is Cc1nccc(-c2c(-c3ccc(F)cc3)nc(N)n3nc(Cc4c(F)cccc4F)nc23)c1C. The normalized spacial score (nSPS) is 11.3. The Hall–Kier alpha value is -4.27. The van der Waals surface area contributed by atoms with E-state index in [1.165, 1.54) is 34.8 Å². The molecule has 0 aliphatic carbocycles. The van der Waals surface area contributed by atoms with Gasteiger partial charge in [-0.25, -0.2) is 23.1 Å². The first-order valence-electron chi connectivity index (χ1n) is 10.5. The number of benzene rings is 2. The molecule has 34 heavy (non-hydrogen) atoms. The first kappa shape index (κ1) is 21.6. The van der Waals surface area contributed by atoms with Crippen molar-refractivity contribution in [3.8, 4) is 22.4 Å². The zero-order valence-corrected chi connectivity index (χ0v) is 18.4. The Bertz CT molecular complexity index is 1520. The number of hydrogen-bond donors (Lipinski definition) is 1. The number of rotatable bonds is 4. The van der Waals surface area contributed by atoms with E-state index in [2.05, 4.69) is 20.1 Å². The van der Waals surface area contributed by atoms with E-state index >= 15 is 0 Å². The minimum atomic E-state index is -0.683. The number of pyridine rings is 1. The van der Waals surface area contributed by atoms with Crippen LogP contribution in [-0.2, 0) is 6.42 Å². The van der Waals surface area contributed by atoms with Crippen molar-refractivity contribution >= 4 is 11.6 Å². The van der Waals surface area contributed by atoms with E-state index in [-0.39, 0.29) is 29.6 Å². The quantitative estimate of drug-likeness (QED) is 0.405. The van der Waals surface area contributed by atoms with Crippen molar-refractivity contribution in [2.75, 3.05) is 5.73 Å². The summed E-state index contributed by atoms with van der Waals surface area (Å²) in [4.78, 5) is 13.5. The lowest BCUT2D eigenvalue weighted by Crippen LogP contribution is -2.07. The van der Waals surface area contributed by atoms with E-state index < -0.39 is 11.6 Å². The van der Waals surface area contributed by atoms with Crippen LogP contribution >= 0.6 is 0 Å². The summed E-state index contributed by atoms with van der Waals surface area (Å²) in [6.45, 7) is 3.81. The Morgan fingerprint density at radius 3 is 2.32 bits per heavy atom. The number of aryl methyl sites for hydroxylation is 1. The number of aromatic nitrogens is 5. The molecule has 3 heterocycles. The standard InChI is InChI=1S/C25H19F3N6/c1-13-14(2)30-11-10-17(13)22-23(15-6-8-16(26)9-7-15)32-25(29)34-24(22)31-21(33-34)12-18-19(27)4-3-5-20(18)28/h3-11H,12H2,1-2H3,(H2,29,32). The molecule has 2 aromatic carbocycles. The average Bonchev–Trinajstić information content (AvgIpc) is 3.24. The first-order valence-corrected chi connectivity index (χ1v) is 10.5. The molecule has 3 aromatic heterocycles. The third kappa shape index (κ3) is 3.64. The Labute approximate surface area is 192 Å². The van der Waals surface area contributed by atoms with Gasteiger partial charge in [0.05, 0.1) is 11.3 Å². The van der Waals surface area contributed by atoms with Crippen molar-refractivity contribution < 1.29 is 13.2 Å². The minimum Gasteiger partial charge on any atom is -0.368 e. The fraction of sp³-hybridized carbons (Fsp3) is 0.120. The number of halogens is 3. The van der Waals surface area contributed by atoms with Crippen LogP contribution in [0.3, 0.4) is 0 Å². The fourth-order valence-electron chi connectivity index (χ4n) is 3.91. The predicted molar refractivity (Wildman–Crippen MR) is 122 cm³/mol. The van der Waals surface area contributed by atoms with Gasteiger partial charge in [0.2, 0.25) is 5.95 Å². The number of nitrogen functional groups attached to an aromatic ring is 1. The van der Waals surface area contributed by atoms with E-state index in [1.807, 2.05) is 19.9 Å². The molecule has 170 valence electrons. The van der Waals surface area contributed by atoms with E-state index in [0.717, 1.165) is 16.8 Å². The van der Waals surface area contributed by atoms with Gasteiger partial charge in [0.15, 0.2) is 11.5 Å². The molecule has 0 aliphatic heterocycles. The topological polar surface area (TPSA) is 82.0 Å². The highest BCUT2D eigenvalue weighted by atomic mass is 19.1. The maximum atomic E-state index is 14.3. The smallest absolute Gasteiger partial charge is 0.223 e. The molecular weight excluding hydrogens is 441 g/mol.